The minimum Gasteiger partial charge on any atom is -0.355 e. The third kappa shape index (κ3) is 14.1. The summed E-state index contributed by atoms with van der Waals surface area (Å²) >= 11 is 4.93. The van der Waals surface area contributed by atoms with Crippen LogP contribution in [0.25, 0.3) is 0 Å². The molecule has 27 heavy (non-hydrogen) atoms. The summed E-state index contributed by atoms with van der Waals surface area (Å²) in [5, 5.41) is 0. The molecule has 0 aromatic carbocycles. The van der Waals surface area contributed by atoms with Gasteiger partial charge in [0.25, 0.3) is 0 Å². The van der Waals surface area contributed by atoms with E-state index in [1.54, 1.807) is 14.2 Å². The molecule has 0 aromatic heterocycles. The molecule has 164 valence electrons. The second-order valence-electron chi connectivity index (χ2n) is 7.46. The molecular weight excluding hydrogens is 566 g/mol. The molecule has 0 aliphatic rings. The third-order valence-corrected chi connectivity index (χ3v) is 6.99. The number of methoxy groups -OCH3 is 2. The quantitative estimate of drug-likeness (QED) is 0.0611. The highest BCUT2D eigenvalue weighted by molar-refractivity contribution is 14.1. The van der Waals surface area contributed by atoms with Crippen LogP contribution in [-0.2, 0) is 14.2 Å². The van der Waals surface area contributed by atoms with Crippen LogP contribution < -0.4 is 0 Å². The Hall–Kier alpha value is 1.34. The summed E-state index contributed by atoms with van der Waals surface area (Å²) in [6.45, 7) is 4.49. The van der Waals surface area contributed by atoms with Crippen molar-refractivity contribution in [3.05, 3.63) is 0 Å². The largest absolute Gasteiger partial charge is 0.355 e. The molecule has 0 rings (SSSR count). The number of alkyl halides is 2. The first kappa shape index (κ1) is 28.3. The first-order valence-corrected chi connectivity index (χ1v) is 14.1. The van der Waals surface area contributed by atoms with Gasteiger partial charge in [-0.15, -0.1) is 0 Å². The van der Waals surface area contributed by atoms with Gasteiger partial charge in [0.2, 0.25) is 0 Å². The normalized spacial score (nSPS) is 16.2. The van der Waals surface area contributed by atoms with E-state index in [9.17, 15) is 0 Å². The van der Waals surface area contributed by atoms with E-state index in [0.717, 1.165) is 12.8 Å². The zero-order valence-electron chi connectivity index (χ0n) is 18.2. The van der Waals surface area contributed by atoms with Gasteiger partial charge in [0.1, 0.15) is 0 Å². The first-order valence-electron chi connectivity index (χ1n) is 11.0. The molecule has 0 fully saturated rings. The molecule has 0 saturated carbocycles. The van der Waals surface area contributed by atoms with E-state index in [4.69, 9.17) is 14.2 Å². The third-order valence-electron chi connectivity index (χ3n) is 5.47. The van der Waals surface area contributed by atoms with Crippen LogP contribution in [0.3, 0.4) is 0 Å². The van der Waals surface area contributed by atoms with Crippen LogP contribution in [0.15, 0.2) is 0 Å². The summed E-state index contributed by atoms with van der Waals surface area (Å²) in [5.74, 6) is 0.904. The van der Waals surface area contributed by atoms with E-state index in [1.165, 1.54) is 73.1 Å². The lowest BCUT2D eigenvalue weighted by molar-refractivity contribution is -0.265. The highest BCUT2D eigenvalue weighted by Crippen LogP contribution is 2.27. The Balaban J connectivity index is 4.49. The number of hydrogen-bond acceptors (Lipinski definition) is 3. The fraction of sp³-hybridized carbons (Fsp3) is 1.00. The maximum Gasteiger partial charge on any atom is 0.163 e. The fourth-order valence-corrected chi connectivity index (χ4v) is 4.70. The van der Waals surface area contributed by atoms with Gasteiger partial charge in [-0.3, -0.25) is 0 Å². The zero-order chi connectivity index (χ0) is 20.3. The zero-order valence-corrected chi connectivity index (χ0v) is 22.5. The van der Waals surface area contributed by atoms with Gasteiger partial charge in [0.15, 0.2) is 12.6 Å². The number of ether oxygens (including phenoxy) is 3. The van der Waals surface area contributed by atoms with Crippen LogP contribution in [0.4, 0.5) is 0 Å². The summed E-state index contributed by atoms with van der Waals surface area (Å²) < 4.78 is 20.4. The van der Waals surface area contributed by atoms with Crippen molar-refractivity contribution in [3.8, 4) is 0 Å². The van der Waals surface area contributed by atoms with E-state index < -0.39 is 0 Å². The maximum atomic E-state index is 6.36. The Morgan fingerprint density at radius 3 is 1.26 bits per heavy atom. The Bertz CT molecular complexity index is 277. The van der Waals surface area contributed by atoms with Crippen LogP contribution in [0.2, 0.25) is 0 Å². The molecule has 0 saturated heterocycles. The smallest absolute Gasteiger partial charge is 0.163 e. The minimum atomic E-state index is -0.155. The minimum absolute atomic E-state index is 0.155. The van der Waals surface area contributed by atoms with Gasteiger partial charge in [0.05, 0.1) is 0 Å². The van der Waals surface area contributed by atoms with Crippen molar-refractivity contribution >= 4 is 45.2 Å². The molecule has 5 heteroatoms. The predicted octanol–water partition coefficient (Wildman–Crippen LogP) is 7.77. The molecule has 4 atom stereocenters. The van der Waals surface area contributed by atoms with Crippen LogP contribution >= 0.6 is 45.2 Å². The number of unbranched alkanes of at least 4 members (excludes halogenated alkanes) is 6. The van der Waals surface area contributed by atoms with Crippen LogP contribution in [0, 0.1) is 11.8 Å². The van der Waals surface area contributed by atoms with Crippen LogP contribution in [0.5, 0.6) is 0 Å². The van der Waals surface area contributed by atoms with Crippen LogP contribution in [-0.4, -0.2) is 35.7 Å². The van der Waals surface area contributed by atoms with Gasteiger partial charge in [-0.2, -0.15) is 0 Å². The average molecular weight is 610 g/mol. The lowest BCUT2D eigenvalue weighted by Crippen LogP contribution is -2.35. The van der Waals surface area contributed by atoms with E-state index in [-0.39, 0.29) is 12.6 Å². The monoisotopic (exact) mass is 610 g/mol. The number of halogens is 2. The van der Waals surface area contributed by atoms with Crippen molar-refractivity contribution < 1.29 is 14.2 Å². The molecule has 0 spiro atoms. The molecule has 0 bridgehead atoms. The van der Waals surface area contributed by atoms with Crippen molar-refractivity contribution in [1.29, 1.82) is 0 Å². The molecular formula is C22H44I2O3. The Kier molecular flexibility index (Phi) is 21.6. The lowest BCUT2D eigenvalue weighted by atomic mass is 9.96. The van der Waals surface area contributed by atoms with Gasteiger partial charge in [-0.1, -0.05) is 97.6 Å². The van der Waals surface area contributed by atoms with Gasteiger partial charge >= 0.3 is 0 Å². The van der Waals surface area contributed by atoms with Crippen molar-refractivity contribution in [2.75, 3.05) is 23.1 Å². The Morgan fingerprint density at radius 1 is 0.593 bits per heavy atom. The molecule has 3 nitrogen and oxygen atoms in total. The molecule has 4 unspecified atom stereocenters. The molecule has 0 N–H and O–H groups in total. The summed E-state index contributed by atoms with van der Waals surface area (Å²) in [7, 11) is 3.56. The number of rotatable bonds is 20. The molecule has 0 radical (unpaired) electrons. The van der Waals surface area contributed by atoms with Gasteiger partial charge in [-0.05, 0) is 47.4 Å². The summed E-state index contributed by atoms with van der Waals surface area (Å²) in [6, 6.07) is 0. The molecule has 0 aliphatic heterocycles. The second-order valence-corrected chi connectivity index (χ2v) is 9.62. The van der Waals surface area contributed by atoms with Gasteiger partial charge in [0, 0.05) is 26.1 Å². The number of hydrogen-bond donors (Lipinski definition) is 0. The summed E-state index contributed by atoms with van der Waals surface area (Å²) in [5.41, 5.74) is 0. The van der Waals surface area contributed by atoms with Crippen molar-refractivity contribution in [3.63, 3.8) is 0 Å². The molecule has 0 amide bonds. The van der Waals surface area contributed by atoms with Gasteiger partial charge < -0.3 is 14.2 Å². The van der Waals surface area contributed by atoms with Gasteiger partial charge in [-0.25, -0.2) is 0 Å². The summed E-state index contributed by atoms with van der Waals surface area (Å²) in [4.78, 5) is 0. The molecule has 0 aliphatic carbocycles. The molecule has 0 heterocycles. The van der Waals surface area contributed by atoms with Crippen molar-refractivity contribution in [2.24, 2.45) is 11.8 Å². The van der Waals surface area contributed by atoms with E-state index in [0.29, 0.717) is 11.8 Å². The highest BCUT2D eigenvalue weighted by Gasteiger charge is 2.28. The lowest BCUT2D eigenvalue weighted by Gasteiger charge is -2.32. The first-order chi connectivity index (χ1) is 13.2. The maximum absolute atomic E-state index is 6.36. The van der Waals surface area contributed by atoms with E-state index in [2.05, 4.69) is 59.0 Å². The van der Waals surface area contributed by atoms with E-state index >= 15 is 0 Å². The highest BCUT2D eigenvalue weighted by atomic mass is 127. The SMILES string of the molecule is CCC(CCCCCCI)C(OC)OC(OC)C(CC)CCCCCCI. The van der Waals surface area contributed by atoms with E-state index in [1.807, 2.05) is 0 Å². The Labute approximate surface area is 196 Å². The average Bonchev–Trinajstić information content (AvgIpc) is 2.70. The second kappa shape index (κ2) is 20.6. The fourth-order valence-electron chi connectivity index (χ4n) is 3.62. The Morgan fingerprint density at radius 2 is 0.963 bits per heavy atom. The predicted molar refractivity (Wildman–Crippen MR) is 134 cm³/mol. The van der Waals surface area contributed by atoms with Crippen molar-refractivity contribution in [2.45, 2.75) is 103 Å². The standard InChI is InChI=1S/C22H44I2O3/c1-5-19(15-11-7-9-13-17-23)21(25-3)27-22(26-4)20(6-2)16-12-8-10-14-18-24/h19-22H,5-18H2,1-4H3. The summed E-state index contributed by atoms with van der Waals surface area (Å²) in [6.07, 6.45) is 14.8. The topological polar surface area (TPSA) is 27.7 Å². The van der Waals surface area contributed by atoms with Crippen LogP contribution in [0.1, 0.15) is 90.9 Å². The molecule has 0 aromatic rings. The van der Waals surface area contributed by atoms with Crippen molar-refractivity contribution in [1.82, 2.24) is 0 Å².